The molecular weight excluding hydrogens is 270 g/mol. The van der Waals surface area contributed by atoms with Crippen LogP contribution in [0.5, 0.6) is 0 Å². The Labute approximate surface area is 126 Å². The second-order valence-corrected chi connectivity index (χ2v) is 5.27. The lowest BCUT2D eigenvalue weighted by molar-refractivity contribution is 0.0818. The van der Waals surface area contributed by atoms with Crippen LogP contribution in [0.1, 0.15) is 12.8 Å². The summed E-state index contributed by atoms with van der Waals surface area (Å²) in [6.07, 6.45) is 3.91. The minimum absolute atomic E-state index is 0.341. The topological polar surface area (TPSA) is 76.7 Å². The summed E-state index contributed by atoms with van der Waals surface area (Å²) in [6, 6.07) is 0. The Balaban J connectivity index is 2.10. The molecule has 0 amide bonds. The zero-order valence-electron chi connectivity index (χ0n) is 13.1. The summed E-state index contributed by atoms with van der Waals surface area (Å²) < 4.78 is 10.5. The van der Waals surface area contributed by atoms with Crippen LogP contribution in [-0.2, 0) is 9.47 Å². The quantitative estimate of drug-likeness (QED) is 0.830. The second-order valence-electron chi connectivity index (χ2n) is 5.27. The van der Waals surface area contributed by atoms with Crippen molar-refractivity contribution in [3.05, 3.63) is 6.33 Å². The Bertz CT molecular complexity index is 449. The molecule has 1 aromatic heterocycles. The zero-order valence-corrected chi connectivity index (χ0v) is 13.1. The van der Waals surface area contributed by atoms with E-state index in [4.69, 9.17) is 15.2 Å². The molecule has 0 unspecified atom stereocenters. The van der Waals surface area contributed by atoms with Gasteiger partial charge >= 0.3 is 0 Å². The minimum Gasteiger partial charge on any atom is -0.393 e. The van der Waals surface area contributed by atoms with Crippen molar-refractivity contribution in [1.82, 2.24) is 9.97 Å². The fourth-order valence-corrected chi connectivity index (χ4v) is 2.57. The highest BCUT2D eigenvalue weighted by atomic mass is 16.5. The number of hydrogen-bond donors (Lipinski definition) is 1. The average Bonchev–Trinajstić information content (AvgIpc) is 2.53. The van der Waals surface area contributed by atoms with Crippen LogP contribution in [0.15, 0.2) is 6.33 Å². The molecule has 0 bridgehead atoms. The second kappa shape index (κ2) is 7.42. The van der Waals surface area contributed by atoms with Crippen LogP contribution in [0.3, 0.4) is 0 Å². The summed E-state index contributed by atoms with van der Waals surface area (Å²) >= 11 is 0. The summed E-state index contributed by atoms with van der Waals surface area (Å²) in [5, 5.41) is 0. The Morgan fingerprint density at radius 3 is 2.67 bits per heavy atom. The van der Waals surface area contributed by atoms with Gasteiger partial charge in [0.15, 0.2) is 11.6 Å². The van der Waals surface area contributed by atoms with Crippen molar-refractivity contribution in [2.24, 2.45) is 0 Å². The van der Waals surface area contributed by atoms with Gasteiger partial charge in [-0.3, -0.25) is 0 Å². The number of anilines is 3. The van der Waals surface area contributed by atoms with E-state index in [1.54, 1.807) is 20.5 Å². The molecule has 2 heterocycles. The summed E-state index contributed by atoms with van der Waals surface area (Å²) in [7, 11) is 5.41. The van der Waals surface area contributed by atoms with Gasteiger partial charge in [-0.1, -0.05) is 0 Å². The predicted octanol–water partition coefficient (Wildman–Crippen LogP) is 0.757. The number of nitrogens with zero attached hydrogens (tertiary/aromatic N) is 4. The van der Waals surface area contributed by atoms with Gasteiger partial charge in [0.2, 0.25) is 0 Å². The first-order chi connectivity index (χ1) is 10.2. The molecule has 1 aliphatic heterocycles. The number of likely N-dealkylation sites (N-methyl/N-ethyl adjacent to an activating group) is 1. The molecule has 1 aromatic rings. The van der Waals surface area contributed by atoms with E-state index in [1.807, 2.05) is 11.9 Å². The number of aromatic nitrogens is 2. The number of nitrogen functional groups attached to an aromatic ring is 1. The van der Waals surface area contributed by atoms with Gasteiger partial charge < -0.3 is 25.0 Å². The smallest absolute Gasteiger partial charge is 0.157 e. The standard InChI is InChI=1S/C14H25N5O2/c1-18(8-9-20-2)13-12(15)14(17-10-16-13)19-6-4-11(21-3)5-7-19/h10-11H,4-9,15H2,1-3H3. The maximum Gasteiger partial charge on any atom is 0.157 e. The van der Waals surface area contributed by atoms with Gasteiger partial charge in [0.1, 0.15) is 12.0 Å². The molecule has 0 spiro atoms. The van der Waals surface area contributed by atoms with Crippen molar-refractivity contribution in [2.75, 3.05) is 63.0 Å². The highest BCUT2D eigenvalue weighted by Gasteiger charge is 2.23. The minimum atomic E-state index is 0.341. The van der Waals surface area contributed by atoms with Crippen LogP contribution >= 0.6 is 0 Å². The molecule has 1 aliphatic rings. The molecule has 2 rings (SSSR count). The largest absolute Gasteiger partial charge is 0.393 e. The number of hydrogen-bond acceptors (Lipinski definition) is 7. The van der Waals surface area contributed by atoms with Crippen molar-refractivity contribution >= 4 is 17.3 Å². The first-order valence-electron chi connectivity index (χ1n) is 7.25. The molecule has 1 fully saturated rings. The summed E-state index contributed by atoms with van der Waals surface area (Å²) in [5.41, 5.74) is 6.91. The van der Waals surface area contributed by atoms with Gasteiger partial charge in [0, 0.05) is 40.9 Å². The molecule has 0 aromatic carbocycles. The molecule has 0 radical (unpaired) electrons. The molecule has 7 heteroatoms. The average molecular weight is 295 g/mol. The fourth-order valence-electron chi connectivity index (χ4n) is 2.57. The van der Waals surface area contributed by atoms with Gasteiger partial charge in [-0.15, -0.1) is 0 Å². The van der Waals surface area contributed by atoms with E-state index in [0.717, 1.165) is 44.1 Å². The third-order valence-corrected chi connectivity index (χ3v) is 3.91. The molecule has 2 N–H and O–H groups in total. The van der Waals surface area contributed by atoms with E-state index >= 15 is 0 Å². The molecule has 21 heavy (non-hydrogen) atoms. The van der Waals surface area contributed by atoms with Crippen LogP contribution in [0.25, 0.3) is 0 Å². The van der Waals surface area contributed by atoms with Crippen LogP contribution in [0.2, 0.25) is 0 Å². The van der Waals surface area contributed by atoms with E-state index in [2.05, 4.69) is 14.9 Å². The Hall–Kier alpha value is -1.60. The van der Waals surface area contributed by atoms with Crippen molar-refractivity contribution in [3.63, 3.8) is 0 Å². The molecule has 0 saturated carbocycles. The SMILES string of the molecule is COCCN(C)c1ncnc(N2CCC(OC)CC2)c1N. The molecule has 0 aliphatic carbocycles. The number of ether oxygens (including phenoxy) is 2. The normalized spacial score (nSPS) is 16.2. The van der Waals surface area contributed by atoms with Crippen LogP contribution < -0.4 is 15.5 Å². The van der Waals surface area contributed by atoms with E-state index in [-0.39, 0.29) is 0 Å². The number of methoxy groups -OCH3 is 2. The van der Waals surface area contributed by atoms with E-state index < -0.39 is 0 Å². The van der Waals surface area contributed by atoms with Gasteiger partial charge in [-0.05, 0) is 12.8 Å². The lowest BCUT2D eigenvalue weighted by Crippen LogP contribution is -2.38. The van der Waals surface area contributed by atoms with Crippen LogP contribution in [0.4, 0.5) is 17.3 Å². The summed E-state index contributed by atoms with van der Waals surface area (Å²) in [4.78, 5) is 12.9. The van der Waals surface area contributed by atoms with E-state index in [9.17, 15) is 0 Å². The lowest BCUT2D eigenvalue weighted by Gasteiger charge is -2.33. The predicted molar refractivity (Wildman–Crippen MR) is 83.8 cm³/mol. The number of rotatable bonds is 6. The monoisotopic (exact) mass is 295 g/mol. The first kappa shape index (κ1) is 15.8. The van der Waals surface area contributed by atoms with Gasteiger partial charge in [0.25, 0.3) is 0 Å². The van der Waals surface area contributed by atoms with Crippen LogP contribution in [0, 0.1) is 0 Å². The maximum absolute atomic E-state index is 6.27. The third kappa shape index (κ3) is 3.74. The first-order valence-corrected chi connectivity index (χ1v) is 7.25. The third-order valence-electron chi connectivity index (χ3n) is 3.91. The molecule has 1 saturated heterocycles. The lowest BCUT2D eigenvalue weighted by atomic mass is 10.1. The highest BCUT2D eigenvalue weighted by molar-refractivity contribution is 5.75. The van der Waals surface area contributed by atoms with Crippen molar-refractivity contribution in [2.45, 2.75) is 18.9 Å². The Morgan fingerprint density at radius 2 is 2.05 bits per heavy atom. The Kier molecular flexibility index (Phi) is 5.58. The van der Waals surface area contributed by atoms with Crippen LogP contribution in [-0.4, -0.2) is 63.6 Å². The summed E-state index contributed by atoms with van der Waals surface area (Å²) in [6.45, 7) is 3.18. The summed E-state index contributed by atoms with van der Waals surface area (Å²) in [5.74, 6) is 1.57. The van der Waals surface area contributed by atoms with E-state index in [1.165, 1.54) is 0 Å². The van der Waals surface area contributed by atoms with Crippen molar-refractivity contribution in [3.8, 4) is 0 Å². The van der Waals surface area contributed by atoms with E-state index in [0.29, 0.717) is 18.4 Å². The van der Waals surface area contributed by atoms with Gasteiger partial charge in [-0.2, -0.15) is 0 Å². The van der Waals surface area contributed by atoms with Crippen molar-refractivity contribution in [1.29, 1.82) is 0 Å². The zero-order chi connectivity index (χ0) is 15.2. The number of nitrogens with two attached hydrogens (primary N) is 1. The Morgan fingerprint density at radius 1 is 1.33 bits per heavy atom. The fraction of sp³-hybridized carbons (Fsp3) is 0.714. The number of piperidine rings is 1. The van der Waals surface area contributed by atoms with Gasteiger partial charge in [-0.25, -0.2) is 9.97 Å². The maximum atomic E-state index is 6.27. The molecule has 7 nitrogen and oxygen atoms in total. The molecule has 0 atom stereocenters. The van der Waals surface area contributed by atoms with Gasteiger partial charge in [0.05, 0.1) is 12.7 Å². The highest BCUT2D eigenvalue weighted by Crippen LogP contribution is 2.30. The van der Waals surface area contributed by atoms with Crippen molar-refractivity contribution < 1.29 is 9.47 Å². The molecular formula is C14H25N5O2. The molecule has 118 valence electrons.